The first-order valence-electron chi connectivity index (χ1n) is 7.94. The third-order valence-corrected chi connectivity index (χ3v) is 5.33. The molecule has 4 aliphatic heterocycles. The Bertz CT molecular complexity index is 606. The van der Waals surface area contributed by atoms with E-state index in [0.717, 1.165) is 36.8 Å². The summed E-state index contributed by atoms with van der Waals surface area (Å²) in [5.74, 6) is 0.539. The van der Waals surface area contributed by atoms with Crippen LogP contribution < -0.4 is 0 Å². The lowest BCUT2D eigenvalue weighted by Crippen LogP contribution is -2.59. The van der Waals surface area contributed by atoms with Crippen molar-refractivity contribution in [1.82, 2.24) is 9.80 Å². The lowest BCUT2D eigenvalue weighted by molar-refractivity contribution is 0.130. The number of halogens is 1. The third-order valence-electron chi connectivity index (χ3n) is 5.08. The van der Waals surface area contributed by atoms with E-state index in [1.54, 1.807) is 0 Å². The molecular weight excluding hydrogens is 296 g/mol. The molecule has 5 heteroatoms. The average molecular weight is 317 g/mol. The SMILES string of the molecule is CC12CN3CCN(CC(C3)C1=NN=Cc1ccc(Cl)cc1)C2. The smallest absolute Gasteiger partial charge is 0.0568 e. The highest BCUT2D eigenvalue weighted by molar-refractivity contribution is 6.30. The molecule has 0 aromatic heterocycles. The fourth-order valence-electron chi connectivity index (χ4n) is 4.21. The Morgan fingerprint density at radius 1 is 1.14 bits per heavy atom. The summed E-state index contributed by atoms with van der Waals surface area (Å²) in [5.41, 5.74) is 2.49. The Morgan fingerprint density at radius 2 is 1.77 bits per heavy atom. The molecular formula is C17H21ClN4. The zero-order chi connectivity index (χ0) is 15.2. The summed E-state index contributed by atoms with van der Waals surface area (Å²) in [4.78, 5) is 5.19. The fraction of sp³-hybridized carbons (Fsp3) is 0.529. The van der Waals surface area contributed by atoms with Crippen LogP contribution >= 0.6 is 11.6 Å². The zero-order valence-corrected chi connectivity index (χ0v) is 13.6. The molecule has 0 aliphatic carbocycles. The standard InChI is InChI=1S/C17H21ClN4/c1-17-11-21-6-7-22(12-17)10-14(9-21)16(17)20-19-8-13-2-4-15(18)5-3-13/h2-5,8,14H,6-7,9-12H2,1H3. The lowest BCUT2D eigenvalue weighted by Gasteiger charge is -2.48. The molecule has 2 atom stereocenters. The van der Waals surface area contributed by atoms with Crippen molar-refractivity contribution in [2.75, 3.05) is 39.3 Å². The summed E-state index contributed by atoms with van der Waals surface area (Å²) < 4.78 is 0. The predicted octanol–water partition coefficient (Wildman–Crippen LogP) is 2.38. The molecule has 4 nitrogen and oxygen atoms in total. The molecule has 0 spiro atoms. The van der Waals surface area contributed by atoms with Crippen molar-refractivity contribution in [2.24, 2.45) is 21.5 Å². The third kappa shape index (κ3) is 2.60. The fourth-order valence-corrected chi connectivity index (χ4v) is 4.33. The van der Waals surface area contributed by atoms with Gasteiger partial charge in [0.25, 0.3) is 0 Å². The number of nitrogens with zero attached hydrogens (tertiary/aromatic N) is 4. The van der Waals surface area contributed by atoms with Crippen LogP contribution in [0.2, 0.25) is 5.02 Å². The number of fused-ring (bicyclic) bond motifs is 1. The molecule has 1 aromatic carbocycles. The normalized spacial score (nSPS) is 38.8. The van der Waals surface area contributed by atoms with Gasteiger partial charge in [-0.3, -0.25) is 0 Å². The van der Waals surface area contributed by atoms with Gasteiger partial charge in [-0.05, 0) is 17.7 Å². The number of hydrogen-bond donors (Lipinski definition) is 0. The van der Waals surface area contributed by atoms with Gasteiger partial charge in [-0.2, -0.15) is 10.2 Å². The Labute approximate surface area is 136 Å². The molecule has 4 heterocycles. The maximum Gasteiger partial charge on any atom is 0.0568 e. The van der Waals surface area contributed by atoms with Gasteiger partial charge in [0, 0.05) is 55.6 Å². The Balaban J connectivity index is 1.58. The van der Waals surface area contributed by atoms with E-state index in [1.807, 2.05) is 30.5 Å². The summed E-state index contributed by atoms with van der Waals surface area (Å²) in [7, 11) is 0. The Morgan fingerprint density at radius 3 is 2.36 bits per heavy atom. The second-order valence-corrected chi connectivity index (χ2v) is 7.45. The second kappa shape index (κ2) is 5.44. The van der Waals surface area contributed by atoms with E-state index in [4.69, 9.17) is 11.6 Å². The highest BCUT2D eigenvalue weighted by atomic mass is 35.5. The molecule has 0 saturated carbocycles. The topological polar surface area (TPSA) is 31.2 Å². The van der Waals surface area contributed by atoms with Gasteiger partial charge in [0.15, 0.2) is 0 Å². The summed E-state index contributed by atoms with van der Waals surface area (Å²) in [6, 6.07) is 7.69. The number of piperidine rings is 2. The largest absolute Gasteiger partial charge is 0.300 e. The van der Waals surface area contributed by atoms with Crippen LogP contribution in [-0.2, 0) is 0 Å². The van der Waals surface area contributed by atoms with E-state index in [-0.39, 0.29) is 5.41 Å². The molecule has 0 N–H and O–H groups in total. The van der Waals surface area contributed by atoms with E-state index in [2.05, 4.69) is 26.9 Å². The molecule has 116 valence electrons. The van der Waals surface area contributed by atoms with Crippen LogP contribution in [-0.4, -0.2) is 61.0 Å². The van der Waals surface area contributed by atoms with Gasteiger partial charge >= 0.3 is 0 Å². The molecule has 4 fully saturated rings. The van der Waals surface area contributed by atoms with Crippen molar-refractivity contribution < 1.29 is 0 Å². The Hall–Kier alpha value is -1.23. The van der Waals surface area contributed by atoms with E-state index in [0.29, 0.717) is 5.92 Å². The lowest BCUT2D eigenvalue weighted by atomic mass is 9.72. The van der Waals surface area contributed by atoms with E-state index >= 15 is 0 Å². The average Bonchev–Trinajstić information content (AvgIpc) is 2.71. The maximum atomic E-state index is 5.90. The van der Waals surface area contributed by atoms with E-state index in [1.165, 1.54) is 18.8 Å². The van der Waals surface area contributed by atoms with Crippen molar-refractivity contribution in [3.8, 4) is 0 Å². The summed E-state index contributed by atoms with van der Waals surface area (Å²) in [6.07, 6.45) is 1.83. The second-order valence-electron chi connectivity index (χ2n) is 7.01. The van der Waals surface area contributed by atoms with Crippen molar-refractivity contribution in [3.05, 3.63) is 34.9 Å². The first-order chi connectivity index (χ1) is 10.6. The quantitative estimate of drug-likeness (QED) is 0.619. The molecule has 4 aliphatic rings. The molecule has 0 amide bonds. The Kier molecular flexibility index (Phi) is 3.56. The monoisotopic (exact) mass is 316 g/mol. The van der Waals surface area contributed by atoms with Gasteiger partial charge in [0.1, 0.15) is 0 Å². The van der Waals surface area contributed by atoms with Crippen molar-refractivity contribution >= 4 is 23.5 Å². The van der Waals surface area contributed by atoms with Gasteiger partial charge in [-0.1, -0.05) is 30.7 Å². The van der Waals surface area contributed by atoms with Crippen molar-refractivity contribution in [1.29, 1.82) is 0 Å². The minimum absolute atomic E-state index is 0.162. The van der Waals surface area contributed by atoms with Crippen LogP contribution in [0.4, 0.5) is 0 Å². The highest BCUT2D eigenvalue weighted by Crippen LogP contribution is 2.38. The minimum Gasteiger partial charge on any atom is -0.300 e. The summed E-state index contributed by atoms with van der Waals surface area (Å²) >= 11 is 5.90. The molecule has 4 bridgehead atoms. The van der Waals surface area contributed by atoms with Crippen molar-refractivity contribution in [3.63, 3.8) is 0 Å². The number of benzene rings is 1. The van der Waals surface area contributed by atoms with Crippen LogP contribution in [0.3, 0.4) is 0 Å². The van der Waals surface area contributed by atoms with Crippen LogP contribution in [0.1, 0.15) is 12.5 Å². The molecule has 4 saturated heterocycles. The van der Waals surface area contributed by atoms with Gasteiger partial charge in [-0.15, -0.1) is 0 Å². The van der Waals surface area contributed by atoms with Gasteiger partial charge in [0.2, 0.25) is 0 Å². The molecule has 5 rings (SSSR count). The van der Waals surface area contributed by atoms with Crippen LogP contribution in [0.5, 0.6) is 0 Å². The van der Waals surface area contributed by atoms with Gasteiger partial charge in [-0.25, -0.2) is 0 Å². The highest BCUT2D eigenvalue weighted by Gasteiger charge is 2.49. The predicted molar refractivity (Wildman–Crippen MR) is 91.0 cm³/mol. The first-order valence-corrected chi connectivity index (χ1v) is 8.32. The first kappa shape index (κ1) is 14.4. The number of hydrogen-bond acceptors (Lipinski definition) is 4. The van der Waals surface area contributed by atoms with Crippen LogP contribution in [0, 0.1) is 11.3 Å². The van der Waals surface area contributed by atoms with Crippen molar-refractivity contribution in [2.45, 2.75) is 6.92 Å². The summed E-state index contributed by atoms with van der Waals surface area (Å²) in [5, 5.41) is 9.78. The van der Waals surface area contributed by atoms with Crippen LogP contribution in [0.25, 0.3) is 0 Å². The van der Waals surface area contributed by atoms with Crippen LogP contribution in [0.15, 0.2) is 34.5 Å². The van der Waals surface area contributed by atoms with E-state index < -0.39 is 0 Å². The zero-order valence-electron chi connectivity index (χ0n) is 12.9. The summed E-state index contributed by atoms with van der Waals surface area (Å²) in [6.45, 7) is 9.27. The molecule has 22 heavy (non-hydrogen) atoms. The van der Waals surface area contributed by atoms with E-state index in [9.17, 15) is 0 Å². The van der Waals surface area contributed by atoms with Gasteiger partial charge in [0.05, 0.1) is 11.9 Å². The molecule has 0 radical (unpaired) electrons. The van der Waals surface area contributed by atoms with Gasteiger partial charge < -0.3 is 9.80 Å². The molecule has 2 unspecified atom stereocenters. The minimum atomic E-state index is 0.162. The maximum absolute atomic E-state index is 5.90. The molecule has 1 aromatic rings. The number of rotatable bonds is 2.